The van der Waals surface area contributed by atoms with Crippen LogP contribution in [0.1, 0.15) is 6.42 Å². The molecule has 0 saturated carbocycles. The molecule has 1 atom stereocenters. The molecule has 3 aromatic carbocycles. The molecule has 27 heavy (non-hydrogen) atoms. The number of amidine groups is 1. The van der Waals surface area contributed by atoms with Gasteiger partial charge in [-0.1, -0.05) is 60.3 Å². The zero-order valence-electron chi connectivity index (χ0n) is 14.4. The monoisotopic (exact) mass is 375 g/mol. The molecule has 0 aromatic heterocycles. The molecule has 1 heterocycles. The first-order valence-electron chi connectivity index (χ1n) is 8.57. The summed E-state index contributed by atoms with van der Waals surface area (Å²) in [7, 11) is 0. The van der Waals surface area contributed by atoms with Crippen LogP contribution in [0.5, 0.6) is 0 Å². The zero-order valence-corrected chi connectivity index (χ0v) is 15.2. The van der Waals surface area contributed by atoms with E-state index >= 15 is 0 Å². The minimum Gasteiger partial charge on any atom is -0.326 e. The molecule has 0 bridgehead atoms. The molecule has 4 rings (SSSR count). The molecule has 134 valence electrons. The summed E-state index contributed by atoms with van der Waals surface area (Å²) in [6, 6.07) is 23.1. The Balaban J connectivity index is 1.40. The van der Waals surface area contributed by atoms with Gasteiger partial charge in [-0.2, -0.15) is 0 Å². The number of anilines is 1. The van der Waals surface area contributed by atoms with Crippen LogP contribution >= 0.6 is 11.8 Å². The molecule has 1 aliphatic heterocycles. The van der Waals surface area contributed by atoms with Crippen LogP contribution in [-0.2, 0) is 9.59 Å². The Morgan fingerprint density at radius 1 is 1.00 bits per heavy atom. The van der Waals surface area contributed by atoms with E-state index < -0.39 is 5.25 Å². The van der Waals surface area contributed by atoms with E-state index in [4.69, 9.17) is 0 Å². The van der Waals surface area contributed by atoms with Crippen molar-refractivity contribution in [2.24, 2.45) is 4.99 Å². The Hall–Kier alpha value is -3.12. The van der Waals surface area contributed by atoms with Crippen LogP contribution in [0.15, 0.2) is 77.8 Å². The summed E-state index contributed by atoms with van der Waals surface area (Å²) in [6.45, 7) is 0. The van der Waals surface area contributed by atoms with E-state index in [0.29, 0.717) is 5.17 Å². The summed E-state index contributed by atoms with van der Waals surface area (Å²) in [5.74, 6) is -0.387. The fourth-order valence-electron chi connectivity index (χ4n) is 2.86. The van der Waals surface area contributed by atoms with Gasteiger partial charge >= 0.3 is 0 Å². The first-order chi connectivity index (χ1) is 13.2. The highest BCUT2D eigenvalue weighted by Gasteiger charge is 2.32. The minimum atomic E-state index is -0.479. The van der Waals surface area contributed by atoms with E-state index in [1.54, 1.807) is 0 Å². The number of amides is 2. The summed E-state index contributed by atoms with van der Waals surface area (Å²) in [5.41, 5.74) is 1.49. The normalized spacial score (nSPS) is 17.9. The topological polar surface area (TPSA) is 70.6 Å². The van der Waals surface area contributed by atoms with E-state index in [1.165, 1.54) is 11.8 Å². The number of para-hydroxylation sites is 1. The van der Waals surface area contributed by atoms with Crippen LogP contribution in [0.4, 0.5) is 11.4 Å². The van der Waals surface area contributed by atoms with Gasteiger partial charge in [0.2, 0.25) is 11.8 Å². The van der Waals surface area contributed by atoms with E-state index in [9.17, 15) is 9.59 Å². The van der Waals surface area contributed by atoms with Crippen molar-refractivity contribution in [2.45, 2.75) is 11.7 Å². The number of benzene rings is 3. The van der Waals surface area contributed by atoms with Gasteiger partial charge in [-0.3, -0.25) is 9.59 Å². The lowest BCUT2D eigenvalue weighted by Crippen LogP contribution is -2.28. The van der Waals surface area contributed by atoms with Gasteiger partial charge in [-0.05, 0) is 35.0 Å². The number of hydrogen-bond acceptors (Lipinski definition) is 4. The predicted octanol–water partition coefficient (Wildman–Crippen LogP) is 4.09. The zero-order chi connectivity index (χ0) is 18.6. The number of rotatable bonds is 4. The van der Waals surface area contributed by atoms with Crippen molar-refractivity contribution < 1.29 is 9.59 Å². The lowest BCUT2D eigenvalue weighted by molar-refractivity contribution is -0.122. The average molecular weight is 375 g/mol. The number of nitrogens with one attached hydrogen (secondary N) is 2. The number of thioether (sulfide) groups is 1. The van der Waals surface area contributed by atoms with Gasteiger partial charge in [0.05, 0.1) is 5.69 Å². The molecule has 0 aliphatic carbocycles. The van der Waals surface area contributed by atoms with Gasteiger partial charge < -0.3 is 10.6 Å². The maximum absolute atomic E-state index is 12.4. The van der Waals surface area contributed by atoms with Crippen molar-refractivity contribution >= 4 is 50.9 Å². The van der Waals surface area contributed by atoms with Gasteiger partial charge in [0, 0.05) is 12.1 Å². The van der Waals surface area contributed by atoms with Gasteiger partial charge in [0.1, 0.15) is 5.25 Å². The average Bonchev–Trinajstić information content (AvgIpc) is 3.01. The number of hydrogen-bond donors (Lipinski definition) is 2. The Morgan fingerprint density at radius 3 is 2.56 bits per heavy atom. The Kier molecular flexibility index (Phi) is 4.89. The molecule has 1 aliphatic rings. The van der Waals surface area contributed by atoms with Gasteiger partial charge in [0.15, 0.2) is 5.17 Å². The summed E-state index contributed by atoms with van der Waals surface area (Å²) >= 11 is 1.28. The number of aliphatic imine (C=N–C) groups is 1. The molecule has 0 unspecified atom stereocenters. The second kappa shape index (κ2) is 7.63. The van der Waals surface area contributed by atoms with Crippen molar-refractivity contribution in [2.75, 3.05) is 5.32 Å². The second-order valence-electron chi connectivity index (χ2n) is 6.16. The fourth-order valence-corrected chi connectivity index (χ4v) is 3.85. The Morgan fingerprint density at radius 2 is 1.74 bits per heavy atom. The SMILES string of the molecule is O=C(C[C@@H]1SC(=Nc2ccccc2)NC1=O)Nc1ccc2ccccc2c1. The standard InChI is InChI=1S/C21H17N3O2S/c25-19(22-17-11-10-14-6-4-5-7-15(14)12-17)13-18-20(26)24-21(27-18)23-16-8-2-1-3-9-16/h1-12,18H,13H2,(H,22,25)(H,23,24,26)/t18-/m0/s1. The van der Waals surface area contributed by atoms with Crippen molar-refractivity contribution in [3.8, 4) is 0 Å². The maximum Gasteiger partial charge on any atom is 0.240 e. The molecule has 1 saturated heterocycles. The van der Waals surface area contributed by atoms with Gasteiger partial charge in [0.25, 0.3) is 0 Å². The van der Waals surface area contributed by atoms with Crippen molar-refractivity contribution in [3.05, 3.63) is 72.8 Å². The Labute approximate surface area is 160 Å². The lowest BCUT2D eigenvalue weighted by atomic mass is 10.1. The third-order valence-corrected chi connectivity index (χ3v) is 5.25. The van der Waals surface area contributed by atoms with Crippen LogP contribution in [0.25, 0.3) is 10.8 Å². The number of carbonyl (C=O) groups is 2. The van der Waals surface area contributed by atoms with Crippen LogP contribution < -0.4 is 10.6 Å². The van der Waals surface area contributed by atoms with Crippen LogP contribution in [0.2, 0.25) is 0 Å². The van der Waals surface area contributed by atoms with Crippen molar-refractivity contribution in [1.29, 1.82) is 0 Å². The number of fused-ring (bicyclic) bond motifs is 1. The molecule has 5 nitrogen and oxygen atoms in total. The van der Waals surface area contributed by atoms with E-state index in [0.717, 1.165) is 22.1 Å². The molecule has 6 heteroatoms. The quantitative estimate of drug-likeness (QED) is 0.722. The highest BCUT2D eigenvalue weighted by molar-refractivity contribution is 8.15. The van der Waals surface area contributed by atoms with Crippen LogP contribution in [0.3, 0.4) is 0 Å². The first kappa shape index (κ1) is 17.3. The highest BCUT2D eigenvalue weighted by atomic mass is 32.2. The summed E-state index contributed by atoms with van der Waals surface area (Å²) < 4.78 is 0. The highest BCUT2D eigenvalue weighted by Crippen LogP contribution is 2.26. The molecule has 2 N–H and O–H groups in total. The number of nitrogens with zero attached hydrogens (tertiary/aromatic N) is 1. The van der Waals surface area contributed by atoms with E-state index in [2.05, 4.69) is 15.6 Å². The molecule has 1 fully saturated rings. The van der Waals surface area contributed by atoms with Crippen molar-refractivity contribution in [1.82, 2.24) is 5.32 Å². The third-order valence-electron chi connectivity index (χ3n) is 4.17. The molecule has 0 spiro atoms. The smallest absolute Gasteiger partial charge is 0.240 e. The summed E-state index contributed by atoms with van der Waals surface area (Å²) in [5, 5.41) is 7.83. The predicted molar refractivity (Wildman–Crippen MR) is 110 cm³/mol. The number of carbonyl (C=O) groups excluding carboxylic acids is 2. The lowest BCUT2D eigenvalue weighted by Gasteiger charge is -2.08. The maximum atomic E-state index is 12.4. The van der Waals surface area contributed by atoms with Crippen LogP contribution in [0, 0.1) is 0 Å². The first-order valence-corrected chi connectivity index (χ1v) is 9.45. The minimum absolute atomic E-state index is 0.0944. The fraction of sp³-hybridized carbons (Fsp3) is 0.0952. The molecule has 0 radical (unpaired) electrons. The summed E-state index contributed by atoms with van der Waals surface area (Å²) in [4.78, 5) is 28.9. The van der Waals surface area contributed by atoms with Crippen molar-refractivity contribution in [3.63, 3.8) is 0 Å². The summed E-state index contributed by atoms with van der Waals surface area (Å²) in [6.07, 6.45) is 0.0944. The second-order valence-corrected chi connectivity index (χ2v) is 7.35. The van der Waals surface area contributed by atoms with Crippen LogP contribution in [-0.4, -0.2) is 22.2 Å². The molecule has 3 aromatic rings. The van der Waals surface area contributed by atoms with E-state index in [-0.39, 0.29) is 18.2 Å². The molecular formula is C21H17N3O2S. The molecular weight excluding hydrogens is 358 g/mol. The van der Waals surface area contributed by atoms with E-state index in [1.807, 2.05) is 72.8 Å². The van der Waals surface area contributed by atoms with Gasteiger partial charge in [-0.25, -0.2) is 4.99 Å². The third kappa shape index (κ3) is 4.17. The largest absolute Gasteiger partial charge is 0.326 e. The molecule has 2 amide bonds. The van der Waals surface area contributed by atoms with Gasteiger partial charge in [-0.15, -0.1) is 0 Å². The Bertz CT molecular complexity index is 1030.